The van der Waals surface area contributed by atoms with Gasteiger partial charge < -0.3 is 15.0 Å². The van der Waals surface area contributed by atoms with Gasteiger partial charge in [0.2, 0.25) is 0 Å². The van der Waals surface area contributed by atoms with E-state index < -0.39 is 0 Å². The Morgan fingerprint density at radius 2 is 2.13 bits per heavy atom. The van der Waals surface area contributed by atoms with Crippen molar-refractivity contribution >= 4 is 11.8 Å². The van der Waals surface area contributed by atoms with Crippen molar-refractivity contribution in [2.24, 2.45) is 0 Å². The molecule has 2 N–H and O–H groups in total. The van der Waals surface area contributed by atoms with Gasteiger partial charge in [0, 0.05) is 37.8 Å². The predicted octanol–water partition coefficient (Wildman–Crippen LogP) is 2.17. The van der Waals surface area contributed by atoms with Crippen molar-refractivity contribution in [2.75, 3.05) is 27.2 Å². The normalized spacial score (nSPS) is 15.7. The third kappa shape index (κ3) is 4.11. The van der Waals surface area contributed by atoms with Crippen molar-refractivity contribution in [2.45, 2.75) is 19.3 Å². The summed E-state index contributed by atoms with van der Waals surface area (Å²) >= 11 is 0. The first-order valence-corrected chi connectivity index (χ1v) is 10.0. The van der Waals surface area contributed by atoms with Crippen molar-refractivity contribution in [3.05, 3.63) is 59.3 Å². The second-order valence-corrected chi connectivity index (χ2v) is 7.44. The third-order valence-corrected chi connectivity index (χ3v) is 5.48. The van der Waals surface area contributed by atoms with Crippen LogP contribution in [0.25, 0.3) is 11.3 Å². The summed E-state index contributed by atoms with van der Waals surface area (Å²) in [6.07, 6.45) is 2.32. The number of carbonyl (C=O) groups is 2. The summed E-state index contributed by atoms with van der Waals surface area (Å²) in [7, 11) is 3.19. The molecule has 9 heteroatoms. The average molecular weight is 420 g/mol. The van der Waals surface area contributed by atoms with E-state index in [2.05, 4.69) is 25.5 Å². The van der Waals surface area contributed by atoms with Crippen LogP contribution in [0, 0.1) is 6.92 Å². The number of benzene rings is 1. The Balaban J connectivity index is 1.46. The smallest absolute Gasteiger partial charge is 0.271 e. The van der Waals surface area contributed by atoms with E-state index in [1.54, 1.807) is 38.2 Å². The Labute approximate surface area is 179 Å². The highest BCUT2D eigenvalue weighted by Crippen LogP contribution is 2.27. The third-order valence-electron chi connectivity index (χ3n) is 5.48. The second kappa shape index (κ2) is 8.55. The first-order valence-electron chi connectivity index (χ1n) is 10.0. The van der Waals surface area contributed by atoms with Crippen LogP contribution in [-0.2, 0) is 0 Å². The van der Waals surface area contributed by atoms with E-state index in [1.807, 2.05) is 24.3 Å². The van der Waals surface area contributed by atoms with Gasteiger partial charge in [-0.25, -0.2) is 9.97 Å². The van der Waals surface area contributed by atoms with Gasteiger partial charge in [0.05, 0.1) is 24.1 Å². The summed E-state index contributed by atoms with van der Waals surface area (Å²) < 4.78 is 5.25. The number of nitrogens with one attached hydrogen (secondary N) is 2. The number of hydrogen-bond donors (Lipinski definition) is 2. The van der Waals surface area contributed by atoms with Crippen LogP contribution in [0.15, 0.2) is 36.5 Å². The standard InChI is InChI=1S/C22H24N6O3/c1-13-17(21(29)23-2)11-24-20(25-13)15-7-8-28(12-15)22(30)19-10-18(26-27-19)14-5-4-6-16(9-14)31-3/h4-6,9-11,15H,7-8,12H2,1-3H3,(H,23,29)(H,26,27). The summed E-state index contributed by atoms with van der Waals surface area (Å²) in [5.41, 5.74) is 3.08. The van der Waals surface area contributed by atoms with Crippen molar-refractivity contribution in [3.63, 3.8) is 0 Å². The van der Waals surface area contributed by atoms with Gasteiger partial charge in [0.15, 0.2) is 0 Å². The number of hydrogen-bond acceptors (Lipinski definition) is 6. The Morgan fingerprint density at radius 1 is 1.29 bits per heavy atom. The minimum atomic E-state index is -0.210. The number of amides is 2. The zero-order chi connectivity index (χ0) is 22.0. The van der Waals surface area contributed by atoms with E-state index in [4.69, 9.17) is 4.74 Å². The van der Waals surface area contributed by atoms with Crippen molar-refractivity contribution < 1.29 is 14.3 Å². The summed E-state index contributed by atoms with van der Waals surface area (Å²) in [4.78, 5) is 35.5. The monoisotopic (exact) mass is 420 g/mol. The van der Waals surface area contributed by atoms with Crippen molar-refractivity contribution in [3.8, 4) is 17.0 Å². The molecule has 2 amide bonds. The van der Waals surface area contributed by atoms with E-state index in [1.165, 1.54) is 0 Å². The summed E-state index contributed by atoms with van der Waals surface area (Å²) in [5.74, 6) is 1.10. The maximum atomic E-state index is 13.0. The first kappa shape index (κ1) is 20.5. The molecule has 3 aromatic rings. The van der Waals surface area contributed by atoms with E-state index in [9.17, 15) is 9.59 Å². The topological polar surface area (TPSA) is 113 Å². The molecule has 0 spiro atoms. The molecule has 1 saturated heterocycles. The molecule has 0 bridgehead atoms. The van der Waals surface area contributed by atoms with Crippen LogP contribution in [0.2, 0.25) is 0 Å². The lowest BCUT2D eigenvalue weighted by Crippen LogP contribution is -2.29. The summed E-state index contributed by atoms with van der Waals surface area (Å²) in [5, 5.41) is 9.72. The van der Waals surface area contributed by atoms with Crippen LogP contribution >= 0.6 is 0 Å². The van der Waals surface area contributed by atoms with Gasteiger partial charge in [0.1, 0.15) is 17.3 Å². The molecule has 1 aliphatic heterocycles. The molecule has 1 aromatic carbocycles. The SMILES string of the molecule is CNC(=O)c1cnc(C2CCN(C(=O)c3cc(-c4cccc(OC)c4)n[nH]3)C2)nc1C. The number of aromatic amines is 1. The first-order chi connectivity index (χ1) is 15.0. The number of H-pyrrole nitrogens is 1. The predicted molar refractivity (Wildman–Crippen MR) is 114 cm³/mol. The van der Waals surface area contributed by atoms with Gasteiger partial charge in [-0.1, -0.05) is 12.1 Å². The maximum absolute atomic E-state index is 13.0. The van der Waals surface area contributed by atoms with Gasteiger partial charge >= 0.3 is 0 Å². The number of ether oxygens (including phenoxy) is 1. The van der Waals surface area contributed by atoms with E-state index >= 15 is 0 Å². The minimum absolute atomic E-state index is 0.0298. The number of aromatic nitrogens is 4. The average Bonchev–Trinajstić information content (AvgIpc) is 3.48. The molecule has 1 unspecified atom stereocenters. The molecular formula is C22H24N6O3. The van der Waals surface area contributed by atoms with E-state index in [-0.39, 0.29) is 17.7 Å². The highest BCUT2D eigenvalue weighted by molar-refractivity contribution is 5.95. The Morgan fingerprint density at radius 3 is 2.87 bits per heavy atom. The largest absolute Gasteiger partial charge is 0.497 e. The van der Waals surface area contributed by atoms with E-state index in [0.29, 0.717) is 41.6 Å². The van der Waals surface area contributed by atoms with Crippen molar-refractivity contribution in [1.29, 1.82) is 0 Å². The second-order valence-electron chi connectivity index (χ2n) is 7.44. The van der Waals surface area contributed by atoms with Gasteiger partial charge in [0.25, 0.3) is 11.8 Å². The van der Waals surface area contributed by atoms with Gasteiger partial charge in [-0.05, 0) is 31.5 Å². The molecule has 9 nitrogen and oxygen atoms in total. The fourth-order valence-electron chi connectivity index (χ4n) is 3.73. The van der Waals surface area contributed by atoms with Crippen LogP contribution < -0.4 is 10.1 Å². The summed E-state index contributed by atoms with van der Waals surface area (Å²) in [6, 6.07) is 9.28. The quantitative estimate of drug-likeness (QED) is 0.654. The molecule has 160 valence electrons. The van der Waals surface area contributed by atoms with Crippen LogP contribution in [0.5, 0.6) is 5.75 Å². The lowest BCUT2D eigenvalue weighted by molar-refractivity contribution is 0.0784. The molecular weight excluding hydrogens is 396 g/mol. The lowest BCUT2D eigenvalue weighted by Gasteiger charge is -2.15. The number of rotatable bonds is 5. The van der Waals surface area contributed by atoms with Gasteiger partial charge in [-0.3, -0.25) is 14.7 Å². The number of nitrogens with zero attached hydrogens (tertiary/aromatic N) is 4. The zero-order valence-electron chi connectivity index (χ0n) is 17.7. The number of aryl methyl sites for hydroxylation is 1. The molecule has 0 radical (unpaired) electrons. The molecule has 31 heavy (non-hydrogen) atoms. The zero-order valence-corrected chi connectivity index (χ0v) is 17.7. The van der Waals surface area contributed by atoms with Crippen molar-refractivity contribution in [1.82, 2.24) is 30.4 Å². The Bertz CT molecular complexity index is 1130. The Hall–Kier alpha value is -3.75. The molecule has 1 aliphatic rings. The molecule has 3 heterocycles. The fourth-order valence-corrected chi connectivity index (χ4v) is 3.73. The van der Waals surface area contributed by atoms with E-state index in [0.717, 1.165) is 17.7 Å². The highest BCUT2D eigenvalue weighted by Gasteiger charge is 2.31. The number of methoxy groups -OCH3 is 1. The molecule has 0 aliphatic carbocycles. The van der Waals surface area contributed by atoms with Crippen LogP contribution in [-0.4, -0.2) is 64.1 Å². The van der Waals surface area contributed by atoms with Gasteiger partial charge in [-0.15, -0.1) is 0 Å². The van der Waals surface area contributed by atoms with Gasteiger partial charge in [-0.2, -0.15) is 5.10 Å². The Kier molecular flexibility index (Phi) is 5.66. The summed E-state index contributed by atoms with van der Waals surface area (Å²) in [6.45, 7) is 2.92. The van der Waals surface area contributed by atoms with Crippen LogP contribution in [0.4, 0.5) is 0 Å². The minimum Gasteiger partial charge on any atom is -0.497 e. The molecule has 2 aromatic heterocycles. The molecule has 0 saturated carbocycles. The fraction of sp³-hybridized carbons (Fsp3) is 0.318. The number of likely N-dealkylation sites (tertiary alicyclic amines) is 1. The van der Waals surface area contributed by atoms with Crippen LogP contribution in [0.1, 0.15) is 44.7 Å². The molecule has 1 fully saturated rings. The molecule has 4 rings (SSSR count). The lowest BCUT2D eigenvalue weighted by atomic mass is 10.1. The maximum Gasteiger partial charge on any atom is 0.271 e. The molecule has 1 atom stereocenters. The van der Waals surface area contributed by atoms with Crippen LogP contribution in [0.3, 0.4) is 0 Å². The number of carbonyl (C=O) groups excluding carboxylic acids is 2. The highest BCUT2D eigenvalue weighted by atomic mass is 16.5.